The molecule has 1 N–H and O–H groups in total. The third-order valence-electron chi connectivity index (χ3n) is 4.17. The molecular formula is C19H21NO4. The lowest BCUT2D eigenvalue weighted by molar-refractivity contribution is -0.126. The third-order valence-corrected chi connectivity index (χ3v) is 4.17. The summed E-state index contributed by atoms with van der Waals surface area (Å²) in [6.07, 6.45) is 0.654. The summed E-state index contributed by atoms with van der Waals surface area (Å²) in [5.41, 5.74) is 2.04. The molecule has 5 nitrogen and oxygen atoms in total. The number of ether oxygens (including phenoxy) is 3. The Kier molecular flexibility index (Phi) is 4.89. The van der Waals surface area contributed by atoms with Gasteiger partial charge in [-0.25, -0.2) is 0 Å². The van der Waals surface area contributed by atoms with Gasteiger partial charge in [-0.2, -0.15) is 0 Å². The van der Waals surface area contributed by atoms with Crippen molar-refractivity contribution in [2.24, 2.45) is 5.92 Å². The molecule has 0 spiro atoms. The Hall–Kier alpha value is -2.69. The van der Waals surface area contributed by atoms with Gasteiger partial charge in [0.25, 0.3) is 0 Å². The molecule has 0 radical (unpaired) electrons. The van der Waals surface area contributed by atoms with Gasteiger partial charge in [0.05, 0.1) is 20.1 Å². The standard InChI is InChI=1S/C19H21NO4/c1-22-16-5-3-13(4-6-16)11-20-19(21)15-9-14-10-17(23-2)7-8-18(14)24-12-15/h3-8,10,15H,9,11-12H2,1-2H3,(H,20,21). The SMILES string of the molecule is COc1ccc(CNC(=O)C2COc3ccc(OC)cc3C2)cc1. The molecule has 1 amide bonds. The van der Waals surface area contributed by atoms with Crippen LogP contribution in [0.15, 0.2) is 42.5 Å². The maximum atomic E-state index is 12.4. The van der Waals surface area contributed by atoms with Crippen molar-refractivity contribution in [3.63, 3.8) is 0 Å². The Morgan fingerprint density at radius 2 is 1.83 bits per heavy atom. The van der Waals surface area contributed by atoms with Crippen molar-refractivity contribution in [2.45, 2.75) is 13.0 Å². The molecule has 1 unspecified atom stereocenters. The van der Waals surface area contributed by atoms with Gasteiger partial charge in [0.2, 0.25) is 5.91 Å². The Balaban J connectivity index is 1.59. The van der Waals surface area contributed by atoms with E-state index in [2.05, 4.69) is 5.32 Å². The molecule has 0 fully saturated rings. The smallest absolute Gasteiger partial charge is 0.227 e. The molecule has 0 aromatic heterocycles. The highest BCUT2D eigenvalue weighted by atomic mass is 16.5. The summed E-state index contributed by atoms with van der Waals surface area (Å²) in [5.74, 6) is 2.21. The highest BCUT2D eigenvalue weighted by Gasteiger charge is 2.26. The van der Waals surface area contributed by atoms with Crippen LogP contribution in [0.25, 0.3) is 0 Å². The molecule has 1 atom stereocenters. The largest absolute Gasteiger partial charge is 0.497 e. The molecular weight excluding hydrogens is 306 g/mol. The van der Waals surface area contributed by atoms with Crippen molar-refractivity contribution in [3.05, 3.63) is 53.6 Å². The average Bonchev–Trinajstić information content (AvgIpc) is 2.65. The van der Waals surface area contributed by atoms with Crippen LogP contribution in [0.5, 0.6) is 17.2 Å². The minimum absolute atomic E-state index is 0.000659. The van der Waals surface area contributed by atoms with Crippen LogP contribution in [0.1, 0.15) is 11.1 Å². The zero-order valence-corrected chi connectivity index (χ0v) is 13.9. The molecule has 0 bridgehead atoms. The second-order valence-corrected chi connectivity index (χ2v) is 5.75. The summed E-state index contributed by atoms with van der Waals surface area (Å²) in [6, 6.07) is 13.3. The number of rotatable bonds is 5. The van der Waals surface area contributed by atoms with E-state index in [1.807, 2.05) is 42.5 Å². The summed E-state index contributed by atoms with van der Waals surface area (Å²) >= 11 is 0. The van der Waals surface area contributed by atoms with E-state index in [1.54, 1.807) is 14.2 Å². The van der Waals surface area contributed by atoms with Gasteiger partial charge < -0.3 is 19.5 Å². The number of hydrogen-bond acceptors (Lipinski definition) is 4. The van der Waals surface area contributed by atoms with E-state index < -0.39 is 0 Å². The molecule has 2 aromatic carbocycles. The van der Waals surface area contributed by atoms with Crippen molar-refractivity contribution >= 4 is 5.91 Å². The monoisotopic (exact) mass is 327 g/mol. The predicted molar refractivity (Wildman–Crippen MR) is 90.5 cm³/mol. The van der Waals surface area contributed by atoms with Gasteiger partial charge in [0.1, 0.15) is 23.9 Å². The normalized spacial score (nSPS) is 15.8. The second kappa shape index (κ2) is 7.25. The van der Waals surface area contributed by atoms with Crippen LogP contribution in [0.3, 0.4) is 0 Å². The van der Waals surface area contributed by atoms with Gasteiger partial charge >= 0.3 is 0 Å². The first-order valence-corrected chi connectivity index (χ1v) is 7.90. The Morgan fingerprint density at radius 1 is 1.12 bits per heavy atom. The minimum Gasteiger partial charge on any atom is -0.497 e. The lowest BCUT2D eigenvalue weighted by atomic mass is 9.95. The van der Waals surface area contributed by atoms with E-state index in [1.165, 1.54) is 0 Å². The molecule has 5 heteroatoms. The van der Waals surface area contributed by atoms with Crippen LogP contribution >= 0.6 is 0 Å². The van der Waals surface area contributed by atoms with Crippen molar-refractivity contribution in [2.75, 3.05) is 20.8 Å². The fourth-order valence-corrected chi connectivity index (χ4v) is 2.74. The van der Waals surface area contributed by atoms with Crippen molar-refractivity contribution in [1.82, 2.24) is 5.32 Å². The van der Waals surface area contributed by atoms with Crippen molar-refractivity contribution in [1.29, 1.82) is 0 Å². The van der Waals surface area contributed by atoms with E-state index in [-0.39, 0.29) is 11.8 Å². The molecule has 1 aliphatic rings. The van der Waals surface area contributed by atoms with Gasteiger partial charge in [-0.1, -0.05) is 12.1 Å². The van der Waals surface area contributed by atoms with Crippen LogP contribution in [-0.4, -0.2) is 26.7 Å². The fourth-order valence-electron chi connectivity index (χ4n) is 2.74. The molecule has 2 aromatic rings. The van der Waals surface area contributed by atoms with Crippen molar-refractivity contribution in [3.8, 4) is 17.2 Å². The third kappa shape index (κ3) is 3.62. The average molecular weight is 327 g/mol. The van der Waals surface area contributed by atoms with Gasteiger partial charge in [-0.05, 0) is 47.9 Å². The maximum Gasteiger partial charge on any atom is 0.227 e. The second-order valence-electron chi connectivity index (χ2n) is 5.75. The predicted octanol–water partition coefficient (Wildman–Crippen LogP) is 2.57. The molecule has 24 heavy (non-hydrogen) atoms. The summed E-state index contributed by atoms with van der Waals surface area (Å²) in [5, 5.41) is 2.97. The summed E-state index contributed by atoms with van der Waals surface area (Å²) in [6.45, 7) is 0.887. The van der Waals surface area contributed by atoms with E-state index in [4.69, 9.17) is 14.2 Å². The number of amides is 1. The Labute approximate surface area is 141 Å². The van der Waals surface area contributed by atoms with Crippen LogP contribution in [0, 0.1) is 5.92 Å². The zero-order valence-electron chi connectivity index (χ0n) is 13.9. The van der Waals surface area contributed by atoms with E-state index >= 15 is 0 Å². The quantitative estimate of drug-likeness (QED) is 0.917. The lowest BCUT2D eigenvalue weighted by Gasteiger charge is -2.25. The zero-order chi connectivity index (χ0) is 16.9. The number of methoxy groups -OCH3 is 2. The number of nitrogens with one attached hydrogen (secondary N) is 1. The molecule has 0 saturated carbocycles. The molecule has 1 heterocycles. The van der Waals surface area contributed by atoms with Crippen LogP contribution in [0.4, 0.5) is 0 Å². The van der Waals surface area contributed by atoms with E-state index in [0.717, 1.165) is 28.4 Å². The first-order chi connectivity index (χ1) is 11.7. The number of fused-ring (bicyclic) bond motifs is 1. The molecule has 1 aliphatic heterocycles. The topological polar surface area (TPSA) is 56.8 Å². The van der Waals surface area contributed by atoms with E-state index in [0.29, 0.717) is 19.6 Å². The van der Waals surface area contributed by atoms with Crippen molar-refractivity contribution < 1.29 is 19.0 Å². The van der Waals surface area contributed by atoms with Crippen LogP contribution in [0.2, 0.25) is 0 Å². The number of carbonyl (C=O) groups excluding carboxylic acids is 1. The summed E-state index contributed by atoms with van der Waals surface area (Å²) in [7, 11) is 3.26. The van der Waals surface area contributed by atoms with Gasteiger partial charge in [-0.3, -0.25) is 4.79 Å². The molecule has 0 aliphatic carbocycles. The number of benzene rings is 2. The molecule has 3 rings (SSSR count). The summed E-state index contributed by atoms with van der Waals surface area (Å²) < 4.78 is 16.1. The molecule has 126 valence electrons. The number of hydrogen-bond donors (Lipinski definition) is 1. The highest BCUT2D eigenvalue weighted by Crippen LogP contribution is 2.30. The van der Waals surface area contributed by atoms with Gasteiger partial charge in [0.15, 0.2) is 0 Å². The highest BCUT2D eigenvalue weighted by molar-refractivity contribution is 5.79. The maximum absolute atomic E-state index is 12.4. The van der Waals surface area contributed by atoms with Gasteiger partial charge in [0, 0.05) is 6.54 Å². The Morgan fingerprint density at radius 3 is 2.54 bits per heavy atom. The lowest BCUT2D eigenvalue weighted by Crippen LogP contribution is -2.37. The number of carbonyl (C=O) groups is 1. The molecule has 0 saturated heterocycles. The minimum atomic E-state index is -0.192. The summed E-state index contributed by atoms with van der Waals surface area (Å²) in [4.78, 5) is 12.4. The van der Waals surface area contributed by atoms with Gasteiger partial charge in [-0.15, -0.1) is 0 Å². The van der Waals surface area contributed by atoms with E-state index in [9.17, 15) is 4.79 Å². The first-order valence-electron chi connectivity index (χ1n) is 7.90. The van der Waals surface area contributed by atoms with Crippen LogP contribution in [-0.2, 0) is 17.8 Å². The first kappa shape index (κ1) is 16.2. The van der Waals surface area contributed by atoms with Crippen LogP contribution < -0.4 is 19.5 Å². The Bertz CT molecular complexity index is 712. The fraction of sp³-hybridized carbons (Fsp3) is 0.316.